The Morgan fingerprint density at radius 3 is 3.05 bits per heavy atom. The fourth-order valence-electron chi connectivity index (χ4n) is 2.17. The number of nitrogens with zero attached hydrogens (tertiary/aromatic N) is 3. The molecule has 1 saturated heterocycles. The zero-order valence-electron chi connectivity index (χ0n) is 11.7. The number of rotatable bonds is 4. The first-order chi connectivity index (χ1) is 9.63. The molecule has 2 N–H and O–H groups in total. The minimum absolute atomic E-state index is 0.0829. The Labute approximate surface area is 116 Å². The molecule has 8 heteroatoms. The van der Waals surface area contributed by atoms with E-state index in [1.54, 1.807) is 4.90 Å². The molecule has 1 aliphatic rings. The van der Waals surface area contributed by atoms with Gasteiger partial charge in [-0.2, -0.15) is 0 Å². The maximum atomic E-state index is 12.2. The van der Waals surface area contributed by atoms with Crippen molar-refractivity contribution in [3.05, 3.63) is 11.6 Å². The molecule has 20 heavy (non-hydrogen) atoms. The molecular formula is C12H19N5O3. The summed E-state index contributed by atoms with van der Waals surface area (Å²) in [4.78, 5) is 29.1. The summed E-state index contributed by atoms with van der Waals surface area (Å²) >= 11 is 0. The molecule has 2 amide bonds. The van der Waals surface area contributed by atoms with Crippen LogP contribution in [0.5, 0.6) is 0 Å². The van der Waals surface area contributed by atoms with Crippen LogP contribution in [-0.2, 0) is 11.2 Å². The number of likely N-dealkylation sites (tertiary alicyclic amines) is 1. The fourth-order valence-corrected chi connectivity index (χ4v) is 2.17. The second-order valence-corrected chi connectivity index (χ2v) is 4.73. The second kappa shape index (κ2) is 6.36. The fraction of sp³-hybridized carbons (Fsp3) is 0.667. The minimum atomic E-state index is -0.479. The topological polar surface area (TPSA) is 100 Å². The summed E-state index contributed by atoms with van der Waals surface area (Å²) in [5, 5.41) is 9.39. The highest BCUT2D eigenvalue weighted by Crippen LogP contribution is 2.12. The summed E-state index contributed by atoms with van der Waals surface area (Å²) < 4.78 is 4.54. The number of aromatic nitrogens is 3. The highest BCUT2D eigenvalue weighted by molar-refractivity contribution is 5.90. The van der Waals surface area contributed by atoms with Crippen LogP contribution in [0.1, 0.15) is 36.2 Å². The molecule has 2 rings (SSSR count). The molecule has 0 radical (unpaired) electrons. The minimum Gasteiger partial charge on any atom is -0.453 e. The number of methoxy groups -OCH3 is 1. The molecule has 0 spiro atoms. The number of hydrogen-bond donors (Lipinski definition) is 2. The Balaban J connectivity index is 1.91. The van der Waals surface area contributed by atoms with E-state index in [9.17, 15) is 9.59 Å². The Bertz CT molecular complexity index is 487. The molecule has 0 saturated carbocycles. The van der Waals surface area contributed by atoms with Crippen molar-refractivity contribution in [2.45, 2.75) is 32.2 Å². The molecule has 1 aromatic heterocycles. The molecule has 1 aliphatic heterocycles. The van der Waals surface area contributed by atoms with Crippen molar-refractivity contribution in [3.63, 3.8) is 0 Å². The molecule has 1 fully saturated rings. The quantitative estimate of drug-likeness (QED) is 0.828. The predicted octanol–water partition coefficient (Wildman–Crippen LogP) is 0.328. The van der Waals surface area contributed by atoms with Crippen molar-refractivity contribution in [1.82, 2.24) is 25.4 Å². The number of nitrogens with one attached hydrogen (secondary N) is 2. The van der Waals surface area contributed by atoms with Gasteiger partial charge in [-0.15, -0.1) is 5.10 Å². The Hall–Kier alpha value is -2.12. The highest BCUT2D eigenvalue weighted by Gasteiger charge is 2.30. The van der Waals surface area contributed by atoms with E-state index in [0.717, 1.165) is 18.7 Å². The number of amides is 2. The monoisotopic (exact) mass is 281 g/mol. The molecule has 0 aromatic carbocycles. The maximum absolute atomic E-state index is 12.2. The van der Waals surface area contributed by atoms with Gasteiger partial charge in [-0.1, -0.05) is 6.92 Å². The van der Waals surface area contributed by atoms with E-state index in [4.69, 9.17) is 0 Å². The van der Waals surface area contributed by atoms with Crippen LogP contribution in [0.3, 0.4) is 0 Å². The lowest BCUT2D eigenvalue weighted by molar-refractivity contribution is 0.0776. The second-order valence-electron chi connectivity index (χ2n) is 4.73. The van der Waals surface area contributed by atoms with Crippen LogP contribution in [0.25, 0.3) is 0 Å². The Morgan fingerprint density at radius 2 is 2.35 bits per heavy atom. The van der Waals surface area contributed by atoms with Crippen molar-refractivity contribution >= 4 is 12.0 Å². The first-order valence-electron chi connectivity index (χ1n) is 6.69. The van der Waals surface area contributed by atoms with E-state index in [2.05, 4.69) is 25.2 Å². The van der Waals surface area contributed by atoms with Gasteiger partial charge in [-0.3, -0.25) is 9.89 Å². The average Bonchev–Trinajstić information content (AvgIpc) is 3.08. The lowest BCUT2D eigenvalue weighted by Gasteiger charge is -2.14. The molecule has 0 aliphatic carbocycles. The van der Waals surface area contributed by atoms with Crippen LogP contribution < -0.4 is 5.32 Å². The summed E-state index contributed by atoms with van der Waals surface area (Å²) in [5.41, 5.74) is 0. The van der Waals surface area contributed by atoms with E-state index in [-0.39, 0.29) is 17.8 Å². The Morgan fingerprint density at radius 1 is 1.55 bits per heavy atom. The van der Waals surface area contributed by atoms with E-state index >= 15 is 0 Å². The molecule has 1 aromatic rings. The van der Waals surface area contributed by atoms with Crippen molar-refractivity contribution in [3.8, 4) is 0 Å². The standard InChI is InChI=1S/C12H19N5O3/c1-3-4-9-14-10(16-15-9)11(18)17-6-5-8(7-17)13-12(19)20-2/h8H,3-7H2,1-2H3,(H,13,19)(H,14,15,16). The summed E-state index contributed by atoms with van der Waals surface area (Å²) in [5.74, 6) is 0.698. The molecule has 8 nitrogen and oxygen atoms in total. The number of hydrogen-bond acceptors (Lipinski definition) is 5. The van der Waals surface area contributed by atoms with Gasteiger partial charge in [0, 0.05) is 19.5 Å². The first-order valence-corrected chi connectivity index (χ1v) is 6.69. The van der Waals surface area contributed by atoms with Crippen LogP contribution in [-0.4, -0.2) is 58.3 Å². The van der Waals surface area contributed by atoms with E-state index in [1.807, 2.05) is 6.92 Å². The van der Waals surface area contributed by atoms with Crippen LogP contribution in [0.4, 0.5) is 4.79 Å². The van der Waals surface area contributed by atoms with Gasteiger partial charge in [0.2, 0.25) is 5.82 Å². The van der Waals surface area contributed by atoms with Crippen LogP contribution in [0.2, 0.25) is 0 Å². The lowest BCUT2D eigenvalue weighted by atomic mass is 10.3. The largest absolute Gasteiger partial charge is 0.453 e. The third-order valence-electron chi connectivity index (χ3n) is 3.19. The smallest absolute Gasteiger partial charge is 0.407 e. The summed E-state index contributed by atoms with van der Waals surface area (Å²) in [6.07, 6.45) is 1.93. The van der Waals surface area contributed by atoms with Gasteiger partial charge in [-0.25, -0.2) is 9.78 Å². The number of carbonyl (C=O) groups excluding carboxylic acids is 2. The van der Waals surface area contributed by atoms with E-state index in [1.165, 1.54) is 7.11 Å². The summed E-state index contributed by atoms with van der Waals surface area (Å²) in [6.45, 7) is 3.06. The van der Waals surface area contributed by atoms with Crippen LogP contribution in [0, 0.1) is 0 Å². The van der Waals surface area contributed by atoms with Gasteiger partial charge in [0.1, 0.15) is 5.82 Å². The van der Waals surface area contributed by atoms with Gasteiger partial charge in [0.25, 0.3) is 5.91 Å². The normalized spacial score (nSPS) is 18.1. The summed E-state index contributed by atoms with van der Waals surface area (Å²) in [6, 6.07) is -0.0829. The number of alkyl carbamates (subject to hydrolysis) is 1. The third kappa shape index (κ3) is 3.25. The van der Waals surface area contributed by atoms with Gasteiger partial charge < -0.3 is 15.0 Å². The highest BCUT2D eigenvalue weighted by atomic mass is 16.5. The summed E-state index contributed by atoms with van der Waals surface area (Å²) in [7, 11) is 1.32. The first kappa shape index (κ1) is 14.3. The van der Waals surface area contributed by atoms with Crippen molar-refractivity contribution in [1.29, 1.82) is 0 Å². The molecule has 1 unspecified atom stereocenters. The van der Waals surface area contributed by atoms with Crippen molar-refractivity contribution in [2.24, 2.45) is 0 Å². The number of aryl methyl sites for hydroxylation is 1. The van der Waals surface area contributed by atoms with Crippen LogP contribution >= 0.6 is 0 Å². The van der Waals surface area contributed by atoms with E-state index in [0.29, 0.717) is 19.5 Å². The number of H-pyrrole nitrogens is 1. The SMILES string of the molecule is CCCc1nc(C(=O)N2CCC(NC(=O)OC)C2)n[nH]1. The lowest BCUT2D eigenvalue weighted by Crippen LogP contribution is -2.38. The molecular weight excluding hydrogens is 262 g/mol. The third-order valence-corrected chi connectivity index (χ3v) is 3.19. The predicted molar refractivity (Wildman–Crippen MR) is 70.2 cm³/mol. The van der Waals surface area contributed by atoms with Gasteiger partial charge in [-0.05, 0) is 12.8 Å². The van der Waals surface area contributed by atoms with Crippen molar-refractivity contribution in [2.75, 3.05) is 20.2 Å². The van der Waals surface area contributed by atoms with Gasteiger partial charge in [0.15, 0.2) is 0 Å². The molecule has 2 heterocycles. The Kier molecular flexibility index (Phi) is 4.54. The maximum Gasteiger partial charge on any atom is 0.407 e. The molecule has 0 bridgehead atoms. The zero-order valence-corrected chi connectivity index (χ0v) is 11.7. The number of ether oxygens (including phenoxy) is 1. The zero-order chi connectivity index (χ0) is 14.5. The van der Waals surface area contributed by atoms with Crippen LogP contribution in [0.15, 0.2) is 0 Å². The number of aromatic amines is 1. The van der Waals surface area contributed by atoms with E-state index < -0.39 is 6.09 Å². The van der Waals surface area contributed by atoms with Gasteiger partial charge in [0.05, 0.1) is 13.2 Å². The molecule has 1 atom stereocenters. The van der Waals surface area contributed by atoms with Crippen molar-refractivity contribution < 1.29 is 14.3 Å². The average molecular weight is 281 g/mol. The van der Waals surface area contributed by atoms with Gasteiger partial charge >= 0.3 is 6.09 Å². The molecule has 110 valence electrons. The number of carbonyl (C=O) groups is 2.